The third kappa shape index (κ3) is 6.42. The molecule has 29 heavy (non-hydrogen) atoms. The van der Waals surface area contributed by atoms with Crippen LogP contribution in [0.1, 0.15) is 29.7 Å². The highest BCUT2D eigenvalue weighted by molar-refractivity contribution is 6.37. The fourth-order valence-electron chi connectivity index (χ4n) is 2.55. The molecule has 0 spiro atoms. The molecule has 2 aromatic carbocycles. The van der Waals surface area contributed by atoms with Crippen LogP contribution >= 0.6 is 23.2 Å². The first-order chi connectivity index (χ1) is 14.0. The normalized spacial score (nSPS) is 12.6. The maximum atomic E-state index is 12.1. The fraction of sp³-hybridized carbons (Fsp3) is 0.190. The Morgan fingerprint density at radius 1 is 1.21 bits per heavy atom. The highest BCUT2D eigenvalue weighted by atomic mass is 35.5. The number of hydrogen-bond acceptors (Lipinski definition) is 5. The average molecular weight is 434 g/mol. The zero-order chi connectivity index (χ0) is 21.2. The van der Waals surface area contributed by atoms with E-state index in [4.69, 9.17) is 38.2 Å². The zero-order valence-electron chi connectivity index (χ0n) is 16.0. The average Bonchev–Trinajstić information content (AvgIpc) is 2.69. The summed E-state index contributed by atoms with van der Waals surface area (Å²) in [6.07, 6.45) is 3.47. The topological polar surface area (TPSA) is 83.8 Å². The summed E-state index contributed by atoms with van der Waals surface area (Å²) in [5.41, 5.74) is 2.70. The van der Waals surface area contributed by atoms with Gasteiger partial charge in [-0.15, -0.1) is 0 Å². The molecule has 0 aromatic heterocycles. The van der Waals surface area contributed by atoms with Crippen LogP contribution in [0.15, 0.2) is 53.7 Å². The van der Waals surface area contributed by atoms with Gasteiger partial charge in [0.1, 0.15) is 6.61 Å². The van der Waals surface area contributed by atoms with Crippen molar-refractivity contribution in [1.82, 2.24) is 5.32 Å². The van der Waals surface area contributed by atoms with Gasteiger partial charge in [0.05, 0.1) is 12.1 Å². The number of carbonyl (C=O) groups excluding carboxylic acids is 1. The zero-order valence-corrected chi connectivity index (χ0v) is 17.5. The number of allylic oxidation sites excluding steroid dienone is 1. The van der Waals surface area contributed by atoms with Gasteiger partial charge in [0.2, 0.25) is 0 Å². The van der Waals surface area contributed by atoms with Gasteiger partial charge < -0.3 is 14.9 Å². The lowest BCUT2D eigenvalue weighted by Crippen LogP contribution is -2.29. The van der Waals surface area contributed by atoms with Crippen LogP contribution in [0.5, 0.6) is 0 Å². The summed E-state index contributed by atoms with van der Waals surface area (Å²) in [4.78, 5) is 17.5. The summed E-state index contributed by atoms with van der Waals surface area (Å²) in [5, 5.41) is 14.5. The predicted molar refractivity (Wildman–Crippen MR) is 117 cm³/mol. The highest BCUT2D eigenvalue weighted by Gasteiger charge is 2.22. The summed E-state index contributed by atoms with van der Waals surface area (Å²) in [7, 11) is 1.43. The molecule has 0 saturated carbocycles. The van der Waals surface area contributed by atoms with Crippen LogP contribution in [0, 0.1) is 5.41 Å². The Bertz CT molecular complexity index is 909. The Morgan fingerprint density at radius 2 is 1.90 bits per heavy atom. The smallest absolute Gasteiger partial charge is 0.258 e. The highest BCUT2D eigenvalue weighted by Crippen LogP contribution is 2.25. The molecule has 2 N–H and O–H groups in total. The van der Waals surface area contributed by atoms with Crippen molar-refractivity contribution in [1.29, 1.82) is 5.41 Å². The number of methoxy groups -OCH3 is 1. The molecule has 0 fully saturated rings. The number of halogens is 2. The second kappa shape index (κ2) is 11.4. The van der Waals surface area contributed by atoms with Gasteiger partial charge in [0, 0.05) is 22.7 Å². The summed E-state index contributed by atoms with van der Waals surface area (Å²) in [6, 6.07) is 12.5. The largest absolute Gasteiger partial charge is 0.391 e. The first-order valence-corrected chi connectivity index (χ1v) is 9.42. The molecule has 0 radical (unpaired) electrons. The number of nitrogens with zero attached hydrogens (tertiary/aromatic N) is 1. The molecule has 0 saturated heterocycles. The van der Waals surface area contributed by atoms with Gasteiger partial charge in [-0.2, -0.15) is 0 Å². The van der Waals surface area contributed by atoms with E-state index in [1.807, 2.05) is 12.1 Å². The van der Waals surface area contributed by atoms with Crippen LogP contribution in [0.3, 0.4) is 0 Å². The Kier molecular flexibility index (Phi) is 8.86. The molecule has 0 bridgehead atoms. The molecule has 0 aliphatic heterocycles. The van der Waals surface area contributed by atoms with Crippen molar-refractivity contribution in [3.63, 3.8) is 0 Å². The monoisotopic (exact) mass is 433 g/mol. The van der Waals surface area contributed by atoms with Gasteiger partial charge >= 0.3 is 0 Å². The minimum absolute atomic E-state index is 0.145. The van der Waals surface area contributed by atoms with Gasteiger partial charge in [-0.3, -0.25) is 10.2 Å². The number of carbonyl (C=O) groups is 1. The first-order valence-electron chi connectivity index (χ1n) is 8.66. The van der Waals surface area contributed by atoms with Crippen molar-refractivity contribution in [2.75, 3.05) is 7.11 Å². The van der Waals surface area contributed by atoms with Crippen molar-refractivity contribution in [2.24, 2.45) is 5.16 Å². The third-order valence-electron chi connectivity index (χ3n) is 3.95. The number of benzene rings is 2. The number of nitrogens with one attached hydrogen (secondary N) is 2. The Balaban J connectivity index is 2.09. The maximum Gasteiger partial charge on any atom is 0.258 e. The van der Waals surface area contributed by atoms with Gasteiger partial charge in [-0.1, -0.05) is 64.8 Å². The molecule has 0 heterocycles. The third-order valence-corrected chi connectivity index (χ3v) is 4.60. The van der Waals surface area contributed by atoms with Crippen molar-refractivity contribution in [2.45, 2.75) is 19.6 Å². The maximum absolute atomic E-state index is 12.1. The van der Waals surface area contributed by atoms with Crippen LogP contribution in [0.4, 0.5) is 0 Å². The van der Waals surface area contributed by atoms with Crippen LogP contribution in [0.2, 0.25) is 10.0 Å². The van der Waals surface area contributed by atoms with E-state index in [0.717, 1.165) is 11.9 Å². The van der Waals surface area contributed by atoms with Crippen molar-refractivity contribution >= 4 is 47.2 Å². The molecular formula is C21H21Cl2N3O3. The standard InChI is InChI=1S/C21H21Cl2N3O3/c1-14(10-11-17-18(22)8-5-9-19(17)23)26-29-12-15-6-3-4-7-16(15)20(28-2)21(27)25-13-24/h3-11,13,20H,12H2,1-2H3,(H2,24,25,27). The van der Waals surface area contributed by atoms with Gasteiger partial charge in [0.15, 0.2) is 6.10 Å². The van der Waals surface area contributed by atoms with Crippen LogP contribution in [-0.2, 0) is 21.0 Å². The molecule has 0 aliphatic rings. The Labute approximate surface area is 179 Å². The van der Waals surface area contributed by atoms with Crippen molar-refractivity contribution in [3.05, 3.63) is 75.3 Å². The quantitative estimate of drug-likeness (QED) is 0.331. The van der Waals surface area contributed by atoms with Crippen molar-refractivity contribution < 1.29 is 14.4 Å². The Hall–Kier alpha value is -2.67. The Morgan fingerprint density at radius 3 is 2.55 bits per heavy atom. The minimum atomic E-state index is -0.858. The van der Waals surface area contributed by atoms with E-state index in [-0.39, 0.29) is 6.61 Å². The number of rotatable bonds is 9. The van der Waals surface area contributed by atoms with Crippen LogP contribution in [0.25, 0.3) is 6.08 Å². The summed E-state index contributed by atoms with van der Waals surface area (Å²) < 4.78 is 5.29. The molecule has 152 valence electrons. The molecule has 2 rings (SSSR count). The van der Waals surface area contributed by atoms with E-state index in [2.05, 4.69) is 10.5 Å². The fourth-order valence-corrected chi connectivity index (χ4v) is 3.07. The summed E-state index contributed by atoms with van der Waals surface area (Å²) in [6.45, 7) is 1.93. The lowest BCUT2D eigenvalue weighted by atomic mass is 10.0. The molecule has 0 aliphatic carbocycles. The summed E-state index contributed by atoms with van der Waals surface area (Å²) >= 11 is 12.3. The van der Waals surface area contributed by atoms with Gasteiger partial charge in [0.25, 0.3) is 5.91 Å². The number of oxime groups is 1. The number of amides is 1. The van der Waals surface area contributed by atoms with Gasteiger partial charge in [-0.05, 0) is 36.3 Å². The number of hydrogen-bond donors (Lipinski definition) is 2. The SMILES string of the molecule is COC(C(=O)NC=N)c1ccccc1CON=C(C)C=Cc1c(Cl)cccc1Cl. The van der Waals surface area contributed by atoms with E-state index in [1.165, 1.54) is 7.11 Å². The molecule has 2 aromatic rings. The second-order valence-corrected chi connectivity index (χ2v) is 6.76. The second-order valence-electron chi connectivity index (χ2n) is 5.94. The number of ether oxygens (including phenoxy) is 1. The van der Waals surface area contributed by atoms with E-state index >= 15 is 0 Å². The van der Waals surface area contributed by atoms with E-state index < -0.39 is 12.0 Å². The molecule has 1 amide bonds. The van der Waals surface area contributed by atoms with Crippen LogP contribution < -0.4 is 5.32 Å². The molecule has 1 atom stereocenters. The molecular weight excluding hydrogens is 413 g/mol. The summed E-state index contributed by atoms with van der Waals surface area (Å²) in [5.74, 6) is -0.436. The molecule has 1 unspecified atom stereocenters. The van der Waals surface area contributed by atoms with E-state index in [0.29, 0.717) is 26.9 Å². The van der Waals surface area contributed by atoms with Gasteiger partial charge in [-0.25, -0.2) is 0 Å². The minimum Gasteiger partial charge on any atom is -0.391 e. The first kappa shape index (κ1) is 22.6. The van der Waals surface area contributed by atoms with E-state index in [9.17, 15) is 4.79 Å². The lowest BCUT2D eigenvalue weighted by molar-refractivity contribution is -0.129. The molecule has 6 nitrogen and oxygen atoms in total. The predicted octanol–water partition coefficient (Wildman–Crippen LogP) is 5.01. The molecule has 8 heteroatoms. The lowest BCUT2D eigenvalue weighted by Gasteiger charge is -2.17. The van der Waals surface area contributed by atoms with E-state index in [1.54, 1.807) is 49.4 Å². The van der Waals surface area contributed by atoms with Crippen molar-refractivity contribution in [3.8, 4) is 0 Å². The van der Waals surface area contributed by atoms with Crippen LogP contribution in [-0.4, -0.2) is 25.1 Å².